The molecule has 2 aromatic carbocycles. The Kier molecular flexibility index (Phi) is 14.9. The highest BCUT2D eigenvalue weighted by Crippen LogP contribution is 2.16. The molecule has 0 bridgehead atoms. The minimum atomic E-state index is -0.764. The van der Waals surface area contributed by atoms with Crippen LogP contribution in [0.15, 0.2) is 54.6 Å². The third kappa shape index (κ3) is 12.7. The standard InChI is InChI=1S/C35H52N4O4/c1-4-5-6-12-21-36-33(40)32(25-28-17-19-30(20-18-28)43-26-29-15-10-9-11-16-29)37-34(41)31(24-27(2)3)38-35(42)39-22-13-7-8-14-23-39/h9-11,15-20,27,31-32H,4-8,12-14,21-26H2,1-3H3,(H,36,40)(H,37,41)(H,38,42)/t31-,32-/m0/s1. The van der Waals surface area contributed by atoms with Gasteiger partial charge in [0.15, 0.2) is 0 Å². The van der Waals surface area contributed by atoms with Crippen molar-refractivity contribution in [1.82, 2.24) is 20.9 Å². The Balaban J connectivity index is 1.67. The van der Waals surface area contributed by atoms with E-state index in [1.54, 1.807) is 0 Å². The predicted octanol–water partition coefficient (Wildman–Crippen LogP) is 5.99. The number of urea groups is 1. The van der Waals surface area contributed by atoms with E-state index in [4.69, 9.17) is 4.74 Å². The van der Waals surface area contributed by atoms with Crippen molar-refractivity contribution < 1.29 is 19.1 Å². The monoisotopic (exact) mass is 592 g/mol. The average Bonchev–Trinajstić information content (AvgIpc) is 3.30. The van der Waals surface area contributed by atoms with E-state index in [-0.39, 0.29) is 23.8 Å². The van der Waals surface area contributed by atoms with Crippen LogP contribution in [0.1, 0.15) is 89.7 Å². The zero-order valence-corrected chi connectivity index (χ0v) is 26.4. The number of likely N-dealkylation sites (tertiary alicyclic amines) is 1. The van der Waals surface area contributed by atoms with Crippen LogP contribution in [-0.2, 0) is 22.6 Å². The molecule has 8 heteroatoms. The number of rotatable bonds is 16. The fraction of sp³-hybridized carbons (Fsp3) is 0.571. The second kappa shape index (κ2) is 18.9. The first-order valence-electron chi connectivity index (χ1n) is 16.2. The Morgan fingerprint density at radius 3 is 2.14 bits per heavy atom. The molecule has 0 aliphatic carbocycles. The molecule has 1 aliphatic rings. The molecule has 2 aromatic rings. The lowest BCUT2D eigenvalue weighted by atomic mass is 10.0. The molecule has 3 rings (SSSR count). The molecule has 236 valence electrons. The smallest absolute Gasteiger partial charge is 0.318 e. The van der Waals surface area contributed by atoms with Crippen molar-refractivity contribution in [3.05, 3.63) is 65.7 Å². The van der Waals surface area contributed by atoms with Crippen molar-refractivity contribution in [3.8, 4) is 5.75 Å². The van der Waals surface area contributed by atoms with Gasteiger partial charge in [0, 0.05) is 26.1 Å². The lowest BCUT2D eigenvalue weighted by molar-refractivity contribution is -0.130. The number of benzene rings is 2. The van der Waals surface area contributed by atoms with Crippen LogP contribution in [0.2, 0.25) is 0 Å². The maximum Gasteiger partial charge on any atom is 0.318 e. The Bertz CT molecular complexity index is 1100. The average molecular weight is 593 g/mol. The summed E-state index contributed by atoms with van der Waals surface area (Å²) < 4.78 is 5.92. The van der Waals surface area contributed by atoms with E-state index in [1.807, 2.05) is 73.3 Å². The minimum Gasteiger partial charge on any atom is -0.489 e. The zero-order valence-electron chi connectivity index (χ0n) is 26.4. The lowest BCUT2D eigenvalue weighted by Gasteiger charge is -2.27. The van der Waals surface area contributed by atoms with Gasteiger partial charge in [-0.1, -0.05) is 95.3 Å². The normalized spacial score (nSPS) is 14.8. The molecule has 0 radical (unpaired) electrons. The summed E-state index contributed by atoms with van der Waals surface area (Å²) in [4.78, 5) is 41.9. The van der Waals surface area contributed by atoms with E-state index in [9.17, 15) is 14.4 Å². The number of hydrogen-bond acceptors (Lipinski definition) is 4. The van der Waals surface area contributed by atoms with Crippen molar-refractivity contribution in [2.24, 2.45) is 5.92 Å². The van der Waals surface area contributed by atoms with E-state index in [0.717, 1.165) is 68.2 Å². The zero-order chi connectivity index (χ0) is 30.9. The third-order valence-electron chi connectivity index (χ3n) is 7.79. The second-order valence-electron chi connectivity index (χ2n) is 12.1. The maximum atomic E-state index is 13.6. The van der Waals surface area contributed by atoms with Gasteiger partial charge in [-0.05, 0) is 54.9 Å². The summed E-state index contributed by atoms with van der Waals surface area (Å²) in [6.07, 6.45) is 9.22. The van der Waals surface area contributed by atoms with Crippen LogP contribution < -0.4 is 20.7 Å². The first-order valence-corrected chi connectivity index (χ1v) is 16.2. The molecule has 1 fully saturated rings. The fourth-order valence-corrected chi connectivity index (χ4v) is 5.28. The van der Waals surface area contributed by atoms with Gasteiger partial charge >= 0.3 is 6.03 Å². The highest BCUT2D eigenvalue weighted by atomic mass is 16.5. The molecule has 2 atom stereocenters. The quantitative estimate of drug-likeness (QED) is 0.209. The van der Waals surface area contributed by atoms with Gasteiger partial charge < -0.3 is 25.6 Å². The lowest BCUT2D eigenvalue weighted by Crippen LogP contribution is -2.56. The molecular weight excluding hydrogens is 540 g/mol. The molecule has 0 aromatic heterocycles. The molecule has 3 N–H and O–H groups in total. The van der Waals surface area contributed by atoms with Gasteiger partial charge in [-0.2, -0.15) is 0 Å². The molecule has 0 spiro atoms. The fourth-order valence-electron chi connectivity index (χ4n) is 5.28. The Morgan fingerprint density at radius 1 is 0.791 bits per heavy atom. The molecule has 8 nitrogen and oxygen atoms in total. The van der Waals surface area contributed by atoms with Crippen LogP contribution >= 0.6 is 0 Å². The van der Waals surface area contributed by atoms with E-state index in [0.29, 0.717) is 39.1 Å². The molecule has 0 unspecified atom stereocenters. The number of carbonyl (C=O) groups excluding carboxylic acids is 3. The van der Waals surface area contributed by atoms with Crippen LogP contribution in [0.3, 0.4) is 0 Å². The highest BCUT2D eigenvalue weighted by molar-refractivity contribution is 5.92. The van der Waals surface area contributed by atoms with Gasteiger partial charge in [-0.3, -0.25) is 9.59 Å². The molecular formula is C35H52N4O4. The van der Waals surface area contributed by atoms with E-state index in [2.05, 4.69) is 22.9 Å². The number of nitrogens with one attached hydrogen (secondary N) is 3. The summed E-state index contributed by atoms with van der Waals surface area (Å²) in [6, 6.07) is 15.9. The van der Waals surface area contributed by atoms with Crippen molar-refractivity contribution >= 4 is 17.8 Å². The predicted molar refractivity (Wildman–Crippen MR) is 172 cm³/mol. The molecule has 43 heavy (non-hydrogen) atoms. The van der Waals surface area contributed by atoms with Gasteiger partial charge in [0.25, 0.3) is 0 Å². The summed E-state index contributed by atoms with van der Waals surface area (Å²) in [7, 11) is 0. The summed E-state index contributed by atoms with van der Waals surface area (Å²) in [5.74, 6) is 0.387. The highest BCUT2D eigenvalue weighted by Gasteiger charge is 2.29. The van der Waals surface area contributed by atoms with Crippen LogP contribution in [0.25, 0.3) is 0 Å². The van der Waals surface area contributed by atoms with E-state index >= 15 is 0 Å². The number of carbonyl (C=O) groups is 3. The van der Waals surface area contributed by atoms with Gasteiger partial charge in [0.05, 0.1) is 0 Å². The number of ether oxygens (including phenoxy) is 1. The van der Waals surface area contributed by atoms with Crippen LogP contribution in [0.5, 0.6) is 5.75 Å². The van der Waals surface area contributed by atoms with Crippen molar-refractivity contribution in [2.45, 2.75) is 104 Å². The van der Waals surface area contributed by atoms with Crippen LogP contribution in [0.4, 0.5) is 4.79 Å². The van der Waals surface area contributed by atoms with Gasteiger partial charge in [-0.15, -0.1) is 0 Å². The third-order valence-corrected chi connectivity index (χ3v) is 7.79. The first-order chi connectivity index (χ1) is 20.9. The Hall–Kier alpha value is -3.55. The summed E-state index contributed by atoms with van der Waals surface area (Å²) in [5.41, 5.74) is 2.00. The van der Waals surface area contributed by atoms with Gasteiger partial charge in [-0.25, -0.2) is 4.79 Å². The van der Waals surface area contributed by atoms with Crippen molar-refractivity contribution in [2.75, 3.05) is 19.6 Å². The number of unbranched alkanes of at least 4 members (excludes halogenated alkanes) is 3. The number of nitrogens with zero attached hydrogens (tertiary/aromatic N) is 1. The van der Waals surface area contributed by atoms with E-state index in [1.165, 1.54) is 0 Å². The van der Waals surface area contributed by atoms with Gasteiger partial charge in [0.1, 0.15) is 24.4 Å². The van der Waals surface area contributed by atoms with Crippen LogP contribution in [-0.4, -0.2) is 54.5 Å². The molecule has 4 amide bonds. The van der Waals surface area contributed by atoms with Crippen molar-refractivity contribution in [3.63, 3.8) is 0 Å². The number of amides is 4. The topological polar surface area (TPSA) is 99.8 Å². The largest absolute Gasteiger partial charge is 0.489 e. The maximum absolute atomic E-state index is 13.6. The van der Waals surface area contributed by atoms with Crippen LogP contribution in [0, 0.1) is 5.92 Å². The SMILES string of the molecule is CCCCCCNC(=O)[C@H](Cc1ccc(OCc2ccccc2)cc1)NC(=O)[C@H](CC(C)C)NC(=O)N1CCCCCC1. The van der Waals surface area contributed by atoms with E-state index < -0.39 is 12.1 Å². The Labute approximate surface area is 258 Å². The Morgan fingerprint density at radius 2 is 1.49 bits per heavy atom. The first kappa shape index (κ1) is 33.9. The van der Waals surface area contributed by atoms with Gasteiger partial charge in [0.2, 0.25) is 11.8 Å². The summed E-state index contributed by atoms with van der Waals surface area (Å²) in [6.45, 7) is 8.66. The molecule has 1 aliphatic heterocycles. The molecule has 1 heterocycles. The summed E-state index contributed by atoms with van der Waals surface area (Å²) >= 11 is 0. The van der Waals surface area contributed by atoms with Crippen molar-refractivity contribution in [1.29, 1.82) is 0 Å². The second-order valence-corrected chi connectivity index (χ2v) is 12.1. The minimum absolute atomic E-state index is 0.189. The number of hydrogen-bond donors (Lipinski definition) is 3. The molecule has 1 saturated heterocycles. The molecule has 0 saturated carbocycles. The summed E-state index contributed by atoms with van der Waals surface area (Å²) in [5, 5.41) is 8.99.